The molecule has 0 saturated heterocycles. The van der Waals surface area contributed by atoms with E-state index in [1.54, 1.807) is 24.4 Å². The first kappa shape index (κ1) is 15.0. The van der Waals surface area contributed by atoms with Crippen LogP contribution in [0.15, 0.2) is 45.3 Å². The zero-order valence-electron chi connectivity index (χ0n) is 10.2. The molecule has 0 saturated carbocycles. The summed E-state index contributed by atoms with van der Waals surface area (Å²) in [6.45, 7) is -0.123. The van der Waals surface area contributed by atoms with Gasteiger partial charge in [-0.25, -0.2) is 5.43 Å². The van der Waals surface area contributed by atoms with Gasteiger partial charge in [0.25, 0.3) is 5.91 Å². The van der Waals surface area contributed by atoms with Gasteiger partial charge in [-0.1, -0.05) is 17.7 Å². The topological polar surface area (TPSA) is 50.7 Å². The molecule has 1 aromatic carbocycles. The lowest BCUT2D eigenvalue weighted by molar-refractivity contribution is -0.123. The molecule has 1 amide bonds. The van der Waals surface area contributed by atoms with Crippen molar-refractivity contribution in [2.24, 2.45) is 5.10 Å². The van der Waals surface area contributed by atoms with E-state index < -0.39 is 0 Å². The molecular weight excluding hydrogens is 364 g/mol. The van der Waals surface area contributed by atoms with Crippen molar-refractivity contribution in [1.82, 2.24) is 5.43 Å². The van der Waals surface area contributed by atoms with E-state index in [0.29, 0.717) is 15.2 Å². The zero-order chi connectivity index (χ0) is 14.4. The molecule has 1 N–H and O–H groups in total. The van der Waals surface area contributed by atoms with Crippen LogP contribution in [0.2, 0.25) is 5.02 Å². The van der Waals surface area contributed by atoms with Crippen LogP contribution in [0.3, 0.4) is 0 Å². The SMILES string of the molecule is O=C(COc1ccc(Cl)cc1Br)NN=Cc1cccs1. The minimum absolute atomic E-state index is 0.123. The average molecular weight is 374 g/mol. The van der Waals surface area contributed by atoms with E-state index in [4.69, 9.17) is 16.3 Å². The minimum atomic E-state index is -0.334. The van der Waals surface area contributed by atoms with Gasteiger partial charge in [0.2, 0.25) is 0 Å². The van der Waals surface area contributed by atoms with Gasteiger partial charge in [-0.3, -0.25) is 4.79 Å². The highest BCUT2D eigenvalue weighted by Gasteiger charge is 2.05. The fraction of sp³-hybridized carbons (Fsp3) is 0.0769. The molecule has 2 rings (SSSR count). The van der Waals surface area contributed by atoms with E-state index >= 15 is 0 Å². The Morgan fingerprint density at radius 3 is 3.05 bits per heavy atom. The number of halogens is 2. The Morgan fingerprint density at radius 2 is 2.35 bits per heavy atom. The first-order valence-electron chi connectivity index (χ1n) is 5.58. The van der Waals surface area contributed by atoms with Crippen LogP contribution < -0.4 is 10.2 Å². The molecule has 0 unspecified atom stereocenters. The Bertz CT molecular complexity index is 617. The Balaban J connectivity index is 1.80. The highest BCUT2D eigenvalue weighted by molar-refractivity contribution is 9.10. The largest absolute Gasteiger partial charge is 0.483 e. The molecule has 0 fully saturated rings. The van der Waals surface area contributed by atoms with E-state index in [1.807, 2.05) is 17.5 Å². The highest BCUT2D eigenvalue weighted by Crippen LogP contribution is 2.27. The Labute approximate surface area is 133 Å². The average Bonchev–Trinajstić information content (AvgIpc) is 2.91. The fourth-order valence-corrected chi connectivity index (χ4v) is 2.68. The summed E-state index contributed by atoms with van der Waals surface area (Å²) in [5.74, 6) is 0.214. The third-order valence-electron chi connectivity index (χ3n) is 2.18. The van der Waals surface area contributed by atoms with E-state index in [0.717, 1.165) is 4.88 Å². The molecule has 0 aliphatic heterocycles. The Hall–Kier alpha value is -1.37. The minimum Gasteiger partial charge on any atom is -0.483 e. The van der Waals surface area contributed by atoms with Crippen LogP contribution in [-0.4, -0.2) is 18.7 Å². The summed E-state index contributed by atoms with van der Waals surface area (Å²) >= 11 is 10.7. The van der Waals surface area contributed by atoms with Gasteiger partial charge in [0.15, 0.2) is 6.61 Å². The van der Waals surface area contributed by atoms with E-state index in [2.05, 4.69) is 26.5 Å². The molecule has 0 atom stereocenters. The molecule has 0 aliphatic rings. The molecular formula is C13H10BrClN2O2S. The molecule has 4 nitrogen and oxygen atoms in total. The summed E-state index contributed by atoms with van der Waals surface area (Å²) in [6, 6.07) is 8.89. The lowest BCUT2D eigenvalue weighted by Crippen LogP contribution is -2.24. The van der Waals surface area contributed by atoms with E-state index in [9.17, 15) is 4.79 Å². The highest BCUT2D eigenvalue weighted by atomic mass is 79.9. The monoisotopic (exact) mass is 372 g/mol. The maximum atomic E-state index is 11.5. The van der Waals surface area contributed by atoms with Crippen molar-refractivity contribution in [1.29, 1.82) is 0 Å². The number of rotatable bonds is 5. The third-order valence-corrected chi connectivity index (χ3v) is 3.84. The number of carbonyl (C=O) groups is 1. The number of amides is 1. The van der Waals surface area contributed by atoms with Gasteiger partial charge in [0.05, 0.1) is 10.7 Å². The van der Waals surface area contributed by atoms with Crippen LogP contribution in [0.4, 0.5) is 0 Å². The molecule has 0 radical (unpaired) electrons. The predicted octanol–water partition coefficient (Wildman–Crippen LogP) is 3.69. The molecule has 20 heavy (non-hydrogen) atoms. The fourth-order valence-electron chi connectivity index (χ4n) is 1.30. The van der Waals surface area contributed by atoms with Crippen molar-refractivity contribution in [2.75, 3.05) is 6.61 Å². The van der Waals surface area contributed by atoms with Crippen molar-refractivity contribution in [3.63, 3.8) is 0 Å². The lowest BCUT2D eigenvalue weighted by Gasteiger charge is -2.07. The third kappa shape index (κ3) is 4.63. The van der Waals surface area contributed by atoms with Crippen LogP contribution in [0, 0.1) is 0 Å². The number of benzene rings is 1. The van der Waals surface area contributed by atoms with Gasteiger partial charge in [0, 0.05) is 9.90 Å². The number of hydrazone groups is 1. The van der Waals surface area contributed by atoms with Gasteiger partial charge in [-0.05, 0) is 45.6 Å². The molecule has 0 aliphatic carbocycles. The second-order valence-corrected chi connectivity index (χ2v) is 5.94. The Kier molecular flexibility index (Phi) is 5.58. The predicted molar refractivity (Wildman–Crippen MR) is 84.7 cm³/mol. The van der Waals surface area contributed by atoms with E-state index in [-0.39, 0.29) is 12.5 Å². The second-order valence-electron chi connectivity index (χ2n) is 3.67. The van der Waals surface area contributed by atoms with Gasteiger partial charge >= 0.3 is 0 Å². The summed E-state index contributed by atoms with van der Waals surface area (Å²) in [4.78, 5) is 12.5. The van der Waals surface area contributed by atoms with Crippen LogP contribution in [0.5, 0.6) is 5.75 Å². The molecule has 7 heteroatoms. The maximum absolute atomic E-state index is 11.5. The quantitative estimate of drug-likeness (QED) is 0.642. The summed E-state index contributed by atoms with van der Waals surface area (Å²) in [5, 5.41) is 6.36. The first-order valence-corrected chi connectivity index (χ1v) is 7.63. The number of nitrogens with zero attached hydrogens (tertiary/aromatic N) is 1. The van der Waals surface area contributed by atoms with E-state index in [1.165, 1.54) is 11.3 Å². The van der Waals surface area contributed by atoms with Crippen LogP contribution in [0.1, 0.15) is 4.88 Å². The van der Waals surface area contributed by atoms with Gasteiger partial charge in [0.1, 0.15) is 5.75 Å². The van der Waals surface area contributed by atoms with Gasteiger partial charge < -0.3 is 4.74 Å². The normalized spacial score (nSPS) is 10.7. The standard InChI is InChI=1S/C13H10BrClN2O2S/c14-11-6-9(15)3-4-12(11)19-8-13(18)17-16-7-10-2-1-5-20-10/h1-7H,8H2,(H,17,18). The lowest BCUT2D eigenvalue weighted by atomic mass is 10.3. The maximum Gasteiger partial charge on any atom is 0.277 e. The number of hydrogen-bond donors (Lipinski definition) is 1. The first-order chi connectivity index (χ1) is 9.65. The smallest absolute Gasteiger partial charge is 0.277 e. The number of nitrogens with one attached hydrogen (secondary N) is 1. The molecule has 0 bridgehead atoms. The second kappa shape index (κ2) is 7.42. The molecule has 1 heterocycles. The Morgan fingerprint density at radius 1 is 1.50 bits per heavy atom. The zero-order valence-corrected chi connectivity index (χ0v) is 13.3. The number of ether oxygens (including phenoxy) is 1. The molecule has 104 valence electrons. The van der Waals surface area contributed by atoms with Crippen LogP contribution in [-0.2, 0) is 4.79 Å². The summed E-state index contributed by atoms with van der Waals surface area (Å²) in [5.41, 5.74) is 2.39. The van der Waals surface area contributed by atoms with Crippen LogP contribution in [0.25, 0.3) is 0 Å². The molecule has 1 aromatic heterocycles. The van der Waals surface area contributed by atoms with Crippen molar-refractivity contribution in [3.8, 4) is 5.75 Å². The summed E-state index contributed by atoms with van der Waals surface area (Å²) in [6.07, 6.45) is 1.58. The molecule has 2 aromatic rings. The van der Waals surface area contributed by atoms with Gasteiger partial charge in [-0.2, -0.15) is 5.10 Å². The van der Waals surface area contributed by atoms with Crippen LogP contribution >= 0.6 is 38.9 Å². The number of carbonyl (C=O) groups excluding carboxylic acids is 1. The van der Waals surface area contributed by atoms with Crippen molar-refractivity contribution in [3.05, 3.63) is 50.1 Å². The van der Waals surface area contributed by atoms with Gasteiger partial charge in [-0.15, -0.1) is 11.3 Å². The van der Waals surface area contributed by atoms with Crippen molar-refractivity contribution >= 4 is 51.0 Å². The van der Waals surface area contributed by atoms with Crippen molar-refractivity contribution < 1.29 is 9.53 Å². The summed E-state index contributed by atoms with van der Waals surface area (Å²) < 4.78 is 6.05. The summed E-state index contributed by atoms with van der Waals surface area (Å²) in [7, 11) is 0. The number of hydrogen-bond acceptors (Lipinski definition) is 4. The number of thiophene rings is 1. The molecule has 0 spiro atoms. The van der Waals surface area contributed by atoms with Crippen molar-refractivity contribution in [2.45, 2.75) is 0 Å².